The summed E-state index contributed by atoms with van der Waals surface area (Å²) in [6.07, 6.45) is -2.76. The van der Waals surface area contributed by atoms with Gasteiger partial charge in [-0.25, -0.2) is 8.78 Å². The second-order valence-electron chi connectivity index (χ2n) is 5.84. The van der Waals surface area contributed by atoms with Crippen LogP contribution in [0.3, 0.4) is 0 Å². The van der Waals surface area contributed by atoms with Crippen molar-refractivity contribution in [2.75, 3.05) is 5.32 Å². The second-order valence-corrected chi connectivity index (χ2v) is 8.49. The third-order valence-electron chi connectivity index (χ3n) is 3.72. The van der Waals surface area contributed by atoms with Crippen LogP contribution in [0.15, 0.2) is 33.6 Å². The summed E-state index contributed by atoms with van der Waals surface area (Å²) in [6.45, 7) is 3.93. The van der Waals surface area contributed by atoms with E-state index in [9.17, 15) is 8.78 Å². The molecule has 0 radical (unpaired) electrons. The van der Waals surface area contributed by atoms with Crippen molar-refractivity contribution < 1.29 is 8.78 Å². The van der Waals surface area contributed by atoms with Crippen LogP contribution < -0.4 is 5.32 Å². The zero-order chi connectivity index (χ0) is 19.8. The molecule has 0 aliphatic heterocycles. The standard InChI is InChI=1S/C16H12ClF2N7S2/c1-7-5-8(2)12(9(17)6-7)20-15-23-24-16(28-15)27-11-4-3-10-21-22-14(13(18)19)26(10)25-11/h3-6,13H,1-2H3,(H,20,23). The molecule has 0 bridgehead atoms. The highest BCUT2D eigenvalue weighted by Crippen LogP contribution is 2.35. The fraction of sp³-hybridized carbons (Fsp3) is 0.188. The molecule has 0 saturated heterocycles. The van der Waals surface area contributed by atoms with Crippen LogP contribution in [0.1, 0.15) is 23.4 Å². The van der Waals surface area contributed by atoms with Gasteiger partial charge >= 0.3 is 0 Å². The van der Waals surface area contributed by atoms with Crippen LogP contribution >= 0.6 is 34.7 Å². The molecular formula is C16H12ClF2N7S2. The number of benzene rings is 1. The third kappa shape index (κ3) is 3.77. The number of nitrogens with one attached hydrogen (secondary N) is 1. The number of fused-ring (bicyclic) bond motifs is 1. The van der Waals surface area contributed by atoms with Gasteiger partial charge in [-0.3, -0.25) is 0 Å². The van der Waals surface area contributed by atoms with Crippen molar-refractivity contribution in [3.05, 3.63) is 46.2 Å². The van der Waals surface area contributed by atoms with Gasteiger partial charge in [-0.15, -0.1) is 20.4 Å². The maximum Gasteiger partial charge on any atom is 0.299 e. The molecule has 3 aromatic heterocycles. The first-order valence-electron chi connectivity index (χ1n) is 7.96. The molecule has 4 rings (SSSR count). The predicted octanol–water partition coefficient (Wildman–Crippen LogP) is 5.08. The highest BCUT2D eigenvalue weighted by Gasteiger charge is 2.18. The summed E-state index contributed by atoms with van der Waals surface area (Å²) in [5.41, 5.74) is 3.09. The predicted molar refractivity (Wildman–Crippen MR) is 104 cm³/mol. The SMILES string of the molecule is Cc1cc(C)c(Nc2nnc(Sc3ccc4nnc(C(F)F)n4n3)s2)c(Cl)c1. The number of nitrogens with zero attached hydrogens (tertiary/aromatic N) is 6. The Morgan fingerprint density at radius 3 is 2.71 bits per heavy atom. The van der Waals surface area contributed by atoms with Gasteiger partial charge in [0.15, 0.2) is 9.99 Å². The highest BCUT2D eigenvalue weighted by atomic mass is 35.5. The quantitative estimate of drug-likeness (QED) is 0.464. The lowest BCUT2D eigenvalue weighted by molar-refractivity contribution is 0.137. The molecule has 0 amide bonds. The Balaban J connectivity index is 1.55. The van der Waals surface area contributed by atoms with Crippen LogP contribution in [0, 0.1) is 13.8 Å². The van der Waals surface area contributed by atoms with Crippen molar-refractivity contribution in [2.24, 2.45) is 0 Å². The first-order chi connectivity index (χ1) is 13.4. The van der Waals surface area contributed by atoms with Gasteiger partial charge in [-0.1, -0.05) is 29.0 Å². The molecule has 1 aromatic carbocycles. The lowest BCUT2D eigenvalue weighted by Crippen LogP contribution is -2.00. The fourth-order valence-corrected chi connectivity index (χ4v) is 4.58. The minimum atomic E-state index is -2.76. The third-order valence-corrected chi connectivity index (χ3v) is 5.83. The first kappa shape index (κ1) is 19.0. The Labute approximate surface area is 171 Å². The lowest BCUT2D eigenvalue weighted by Gasteiger charge is -2.09. The van der Waals surface area contributed by atoms with E-state index in [1.54, 1.807) is 12.1 Å². The van der Waals surface area contributed by atoms with Crippen molar-refractivity contribution in [3.63, 3.8) is 0 Å². The first-order valence-corrected chi connectivity index (χ1v) is 9.97. The molecule has 3 heterocycles. The molecule has 12 heteroatoms. The topological polar surface area (TPSA) is 80.9 Å². The molecule has 144 valence electrons. The number of hydrogen-bond acceptors (Lipinski definition) is 8. The van der Waals surface area contributed by atoms with E-state index in [4.69, 9.17) is 11.6 Å². The number of halogens is 3. The van der Waals surface area contributed by atoms with Gasteiger partial charge in [0.25, 0.3) is 6.43 Å². The van der Waals surface area contributed by atoms with Gasteiger partial charge in [0.2, 0.25) is 11.0 Å². The second kappa shape index (κ2) is 7.57. The van der Waals surface area contributed by atoms with Crippen LogP contribution in [0.4, 0.5) is 19.6 Å². The van der Waals surface area contributed by atoms with Gasteiger partial charge in [0, 0.05) is 0 Å². The molecule has 0 aliphatic rings. The number of hydrogen-bond donors (Lipinski definition) is 1. The lowest BCUT2D eigenvalue weighted by atomic mass is 10.1. The average molecular weight is 440 g/mol. The molecule has 4 aromatic rings. The maximum absolute atomic E-state index is 13.0. The zero-order valence-corrected chi connectivity index (χ0v) is 16.9. The Hall–Kier alpha value is -2.37. The Morgan fingerprint density at radius 1 is 1.14 bits per heavy atom. The molecule has 0 unspecified atom stereocenters. The number of anilines is 2. The van der Waals surface area contributed by atoms with Gasteiger partial charge in [0.05, 0.1) is 10.7 Å². The minimum absolute atomic E-state index is 0.253. The Kier molecular flexibility index (Phi) is 5.13. The molecule has 0 saturated carbocycles. The van der Waals surface area contributed by atoms with Crippen LogP contribution in [0.25, 0.3) is 5.65 Å². The normalized spacial score (nSPS) is 11.5. The van der Waals surface area contributed by atoms with E-state index in [0.717, 1.165) is 21.3 Å². The monoisotopic (exact) mass is 439 g/mol. The van der Waals surface area contributed by atoms with E-state index in [0.29, 0.717) is 19.5 Å². The molecule has 7 nitrogen and oxygen atoms in total. The molecule has 0 atom stereocenters. The van der Waals surface area contributed by atoms with Crippen molar-refractivity contribution in [2.45, 2.75) is 29.6 Å². The van der Waals surface area contributed by atoms with E-state index in [2.05, 4.69) is 30.8 Å². The molecule has 0 fully saturated rings. The van der Waals surface area contributed by atoms with Crippen molar-refractivity contribution in [1.82, 2.24) is 30.0 Å². The Bertz CT molecular complexity index is 1140. The summed E-state index contributed by atoms with van der Waals surface area (Å²) < 4.78 is 27.6. The van der Waals surface area contributed by atoms with E-state index in [1.807, 2.05) is 26.0 Å². The van der Waals surface area contributed by atoms with E-state index in [1.165, 1.54) is 23.1 Å². The summed E-state index contributed by atoms with van der Waals surface area (Å²) >= 11 is 8.82. The minimum Gasteiger partial charge on any atom is -0.329 e. The number of alkyl halides is 2. The molecule has 1 N–H and O–H groups in total. The fourth-order valence-electron chi connectivity index (χ4n) is 2.55. The van der Waals surface area contributed by atoms with E-state index >= 15 is 0 Å². The van der Waals surface area contributed by atoms with Gasteiger partial charge in [-0.2, -0.15) is 9.61 Å². The van der Waals surface area contributed by atoms with Gasteiger partial charge in [-0.05, 0) is 54.9 Å². The van der Waals surface area contributed by atoms with Crippen molar-refractivity contribution >= 4 is 51.2 Å². The highest BCUT2D eigenvalue weighted by molar-refractivity contribution is 8.01. The summed E-state index contributed by atoms with van der Waals surface area (Å²) in [5, 5.41) is 24.3. The molecule has 0 spiro atoms. The zero-order valence-electron chi connectivity index (χ0n) is 14.5. The average Bonchev–Trinajstić information content (AvgIpc) is 3.24. The smallest absolute Gasteiger partial charge is 0.299 e. The maximum atomic E-state index is 13.0. The number of aryl methyl sites for hydroxylation is 2. The van der Waals surface area contributed by atoms with Crippen LogP contribution in [-0.2, 0) is 0 Å². The van der Waals surface area contributed by atoms with Crippen LogP contribution in [0.2, 0.25) is 5.02 Å². The summed E-state index contributed by atoms with van der Waals surface area (Å²) in [7, 11) is 0. The van der Waals surface area contributed by atoms with Gasteiger partial charge in [0.1, 0.15) is 5.03 Å². The summed E-state index contributed by atoms with van der Waals surface area (Å²) in [6, 6.07) is 7.12. The largest absolute Gasteiger partial charge is 0.329 e. The van der Waals surface area contributed by atoms with E-state index in [-0.39, 0.29) is 5.65 Å². The van der Waals surface area contributed by atoms with Crippen molar-refractivity contribution in [3.8, 4) is 0 Å². The van der Waals surface area contributed by atoms with Gasteiger partial charge < -0.3 is 5.32 Å². The summed E-state index contributed by atoms with van der Waals surface area (Å²) in [4.78, 5) is 0. The molecular weight excluding hydrogens is 428 g/mol. The molecule has 0 aliphatic carbocycles. The Morgan fingerprint density at radius 2 is 1.96 bits per heavy atom. The number of rotatable bonds is 5. The van der Waals surface area contributed by atoms with E-state index < -0.39 is 12.2 Å². The molecule has 28 heavy (non-hydrogen) atoms. The van der Waals surface area contributed by atoms with Crippen LogP contribution in [-0.4, -0.2) is 30.0 Å². The van der Waals surface area contributed by atoms with Crippen molar-refractivity contribution in [1.29, 1.82) is 0 Å². The van der Waals surface area contributed by atoms with Crippen LogP contribution in [0.5, 0.6) is 0 Å². The number of aromatic nitrogens is 6. The summed E-state index contributed by atoms with van der Waals surface area (Å²) in [5.74, 6) is -0.499.